The summed E-state index contributed by atoms with van der Waals surface area (Å²) < 4.78 is 38.8. The molecule has 2 aromatic carbocycles. The Hall–Kier alpha value is -2.58. The first kappa shape index (κ1) is 24.1. The van der Waals surface area contributed by atoms with Gasteiger partial charge >= 0.3 is 0 Å². The minimum Gasteiger partial charge on any atom is -0.496 e. The summed E-state index contributed by atoms with van der Waals surface area (Å²) in [6.07, 6.45) is 3.77. The van der Waals surface area contributed by atoms with Crippen LogP contribution in [0, 0.1) is 13.8 Å². The molecule has 0 unspecified atom stereocenters. The summed E-state index contributed by atoms with van der Waals surface area (Å²) in [5.41, 5.74) is 2.40. The molecular formula is C24H32N2O5S. The monoisotopic (exact) mass is 460 g/mol. The average Bonchev–Trinajstić information content (AvgIpc) is 3.05. The third-order valence-corrected chi connectivity index (χ3v) is 7.36. The number of carbonyl (C=O) groups is 1. The van der Waals surface area contributed by atoms with Crippen LogP contribution in [-0.4, -0.2) is 52.0 Å². The number of benzene rings is 2. The Balaban J connectivity index is 1.68. The molecule has 0 aliphatic carbocycles. The third-order valence-electron chi connectivity index (χ3n) is 5.47. The number of nitrogens with one attached hydrogen (secondary N) is 1. The molecule has 1 amide bonds. The van der Waals surface area contributed by atoms with Crippen molar-refractivity contribution < 1.29 is 22.7 Å². The van der Waals surface area contributed by atoms with E-state index in [-0.39, 0.29) is 17.0 Å². The molecule has 2 aromatic rings. The summed E-state index contributed by atoms with van der Waals surface area (Å²) >= 11 is 0. The summed E-state index contributed by atoms with van der Waals surface area (Å²) in [5, 5.41) is 2.79. The lowest BCUT2D eigenvalue weighted by molar-refractivity contribution is 0.0943. The smallest absolute Gasteiger partial charge is 0.255 e. The van der Waals surface area contributed by atoms with Gasteiger partial charge in [-0.1, -0.05) is 18.9 Å². The first-order valence-corrected chi connectivity index (χ1v) is 12.4. The minimum absolute atomic E-state index is 0.108. The van der Waals surface area contributed by atoms with Crippen molar-refractivity contribution in [1.29, 1.82) is 0 Å². The molecule has 0 spiro atoms. The van der Waals surface area contributed by atoms with Gasteiger partial charge < -0.3 is 14.8 Å². The van der Waals surface area contributed by atoms with Crippen LogP contribution in [0.1, 0.15) is 47.2 Å². The SMILES string of the molecule is COc1ccc(S(=O)(=O)N2CCCCCC2)cc1C(=O)NCCOc1cc(C)cc(C)c1. The summed E-state index contributed by atoms with van der Waals surface area (Å²) in [6, 6.07) is 10.4. The molecule has 1 saturated heterocycles. The van der Waals surface area contributed by atoms with Gasteiger partial charge in [0.2, 0.25) is 10.0 Å². The molecule has 0 radical (unpaired) electrons. The molecule has 1 aliphatic rings. The number of sulfonamides is 1. The lowest BCUT2D eigenvalue weighted by atomic mass is 10.1. The van der Waals surface area contributed by atoms with E-state index in [1.54, 1.807) is 0 Å². The predicted octanol–water partition coefficient (Wildman–Crippen LogP) is 3.69. The van der Waals surface area contributed by atoms with Crippen molar-refractivity contribution in [2.75, 3.05) is 33.4 Å². The van der Waals surface area contributed by atoms with Gasteiger partial charge in [0.05, 0.1) is 24.1 Å². The summed E-state index contributed by atoms with van der Waals surface area (Å²) in [4.78, 5) is 12.9. The van der Waals surface area contributed by atoms with Crippen molar-refractivity contribution in [1.82, 2.24) is 9.62 Å². The van der Waals surface area contributed by atoms with Crippen molar-refractivity contribution in [2.45, 2.75) is 44.4 Å². The number of carbonyl (C=O) groups excluding carboxylic acids is 1. The predicted molar refractivity (Wildman–Crippen MR) is 124 cm³/mol. The van der Waals surface area contributed by atoms with E-state index in [1.807, 2.05) is 26.0 Å². The first-order chi connectivity index (χ1) is 15.3. The molecule has 32 heavy (non-hydrogen) atoms. The minimum atomic E-state index is -3.66. The summed E-state index contributed by atoms with van der Waals surface area (Å²) in [6.45, 7) is 5.58. The Morgan fingerprint density at radius 2 is 1.66 bits per heavy atom. The highest BCUT2D eigenvalue weighted by Gasteiger charge is 2.27. The number of ether oxygens (including phenoxy) is 2. The van der Waals surface area contributed by atoms with E-state index >= 15 is 0 Å². The van der Waals surface area contributed by atoms with Crippen LogP contribution in [0.4, 0.5) is 0 Å². The van der Waals surface area contributed by atoms with E-state index in [9.17, 15) is 13.2 Å². The normalized spacial score (nSPS) is 15.1. The van der Waals surface area contributed by atoms with E-state index in [0.717, 1.165) is 42.6 Å². The maximum absolute atomic E-state index is 13.1. The maximum atomic E-state index is 13.1. The second-order valence-electron chi connectivity index (χ2n) is 8.11. The summed E-state index contributed by atoms with van der Waals surface area (Å²) in [5.74, 6) is 0.672. The standard InChI is InChI=1S/C24H32N2O5S/c1-18-14-19(2)16-20(15-18)31-13-10-25-24(27)22-17-21(8-9-23(22)30-3)32(28,29)26-11-6-4-5-7-12-26/h8-9,14-17H,4-7,10-13H2,1-3H3,(H,25,27). The zero-order valence-electron chi connectivity index (χ0n) is 19.0. The van der Waals surface area contributed by atoms with Crippen LogP contribution in [0.15, 0.2) is 41.3 Å². The fourth-order valence-electron chi connectivity index (χ4n) is 3.90. The molecule has 1 aliphatic heterocycles. The van der Waals surface area contributed by atoms with Crippen LogP contribution in [-0.2, 0) is 10.0 Å². The van der Waals surface area contributed by atoms with Gasteiger partial charge in [-0.3, -0.25) is 4.79 Å². The number of nitrogens with zero attached hydrogens (tertiary/aromatic N) is 1. The van der Waals surface area contributed by atoms with Crippen molar-refractivity contribution >= 4 is 15.9 Å². The topological polar surface area (TPSA) is 84.9 Å². The molecule has 1 heterocycles. The molecule has 0 aromatic heterocycles. The zero-order chi connectivity index (χ0) is 23.1. The quantitative estimate of drug-likeness (QED) is 0.608. The molecule has 3 rings (SSSR count). The van der Waals surface area contributed by atoms with Gasteiger partial charge in [0.1, 0.15) is 18.1 Å². The summed E-state index contributed by atoms with van der Waals surface area (Å²) in [7, 11) is -2.21. The number of aryl methyl sites for hydroxylation is 2. The Bertz CT molecular complexity index is 1020. The fraction of sp³-hybridized carbons (Fsp3) is 0.458. The molecule has 1 N–H and O–H groups in total. The van der Waals surface area contributed by atoms with Crippen LogP contribution < -0.4 is 14.8 Å². The Morgan fingerprint density at radius 3 is 2.28 bits per heavy atom. The highest BCUT2D eigenvalue weighted by Crippen LogP contribution is 2.26. The maximum Gasteiger partial charge on any atom is 0.255 e. The lowest BCUT2D eigenvalue weighted by Crippen LogP contribution is -2.32. The Kier molecular flexibility index (Phi) is 8.15. The third kappa shape index (κ3) is 6.01. The number of rotatable bonds is 8. The highest BCUT2D eigenvalue weighted by molar-refractivity contribution is 7.89. The van der Waals surface area contributed by atoms with Crippen LogP contribution in [0.5, 0.6) is 11.5 Å². The second kappa shape index (κ2) is 10.8. The van der Waals surface area contributed by atoms with E-state index in [1.165, 1.54) is 29.6 Å². The zero-order valence-corrected chi connectivity index (χ0v) is 19.8. The number of hydrogen-bond donors (Lipinski definition) is 1. The molecule has 8 heteroatoms. The van der Waals surface area contributed by atoms with Crippen molar-refractivity contribution in [3.8, 4) is 11.5 Å². The second-order valence-corrected chi connectivity index (χ2v) is 10.0. The van der Waals surface area contributed by atoms with Crippen LogP contribution in [0.25, 0.3) is 0 Å². The lowest BCUT2D eigenvalue weighted by Gasteiger charge is -2.20. The van der Waals surface area contributed by atoms with Gasteiger partial charge in [0, 0.05) is 13.1 Å². The fourth-order valence-corrected chi connectivity index (χ4v) is 5.44. The van der Waals surface area contributed by atoms with Gasteiger partial charge in [-0.05, 0) is 68.1 Å². The van der Waals surface area contributed by atoms with Crippen molar-refractivity contribution in [2.24, 2.45) is 0 Å². The number of hydrogen-bond acceptors (Lipinski definition) is 5. The van der Waals surface area contributed by atoms with Crippen LogP contribution >= 0.6 is 0 Å². The first-order valence-electron chi connectivity index (χ1n) is 11.0. The van der Waals surface area contributed by atoms with Crippen LogP contribution in [0.2, 0.25) is 0 Å². The molecule has 0 saturated carbocycles. The molecule has 0 atom stereocenters. The van der Waals surface area contributed by atoms with E-state index in [0.29, 0.717) is 25.4 Å². The van der Waals surface area contributed by atoms with E-state index in [2.05, 4.69) is 11.4 Å². The Labute approximate surface area is 190 Å². The van der Waals surface area contributed by atoms with Gasteiger partial charge in [-0.2, -0.15) is 4.31 Å². The van der Waals surface area contributed by atoms with Gasteiger partial charge in [0.15, 0.2) is 0 Å². The number of methoxy groups -OCH3 is 1. The average molecular weight is 461 g/mol. The molecule has 0 bridgehead atoms. The molecular weight excluding hydrogens is 428 g/mol. The Morgan fingerprint density at radius 1 is 1.00 bits per heavy atom. The van der Waals surface area contributed by atoms with E-state index < -0.39 is 15.9 Å². The highest BCUT2D eigenvalue weighted by atomic mass is 32.2. The molecule has 7 nitrogen and oxygen atoms in total. The molecule has 1 fully saturated rings. The van der Waals surface area contributed by atoms with E-state index in [4.69, 9.17) is 9.47 Å². The molecule has 174 valence electrons. The van der Waals surface area contributed by atoms with Crippen molar-refractivity contribution in [3.05, 3.63) is 53.1 Å². The number of amides is 1. The van der Waals surface area contributed by atoms with Gasteiger partial charge in [0.25, 0.3) is 5.91 Å². The largest absolute Gasteiger partial charge is 0.496 e. The van der Waals surface area contributed by atoms with Gasteiger partial charge in [-0.25, -0.2) is 8.42 Å². The van der Waals surface area contributed by atoms with Crippen molar-refractivity contribution in [3.63, 3.8) is 0 Å². The van der Waals surface area contributed by atoms with Crippen LogP contribution in [0.3, 0.4) is 0 Å². The van der Waals surface area contributed by atoms with Gasteiger partial charge in [-0.15, -0.1) is 0 Å².